The maximum Gasteiger partial charge on any atom is 0.168 e. The van der Waals surface area contributed by atoms with E-state index in [1.807, 2.05) is 0 Å². The molecule has 0 aliphatic heterocycles. The average molecular weight is 241 g/mol. The van der Waals surface area contributed by atoms with Crippen molar-refractivity contribution in [1.82, 2.24) is 9.97 Å². The number of halogens is 3. The molecule has 0 spiro atoms. The van der Waals surface area contributed by atoms with Gasteiger partial charge < -0.3 is 0 Å². The van der Waals surface area contributed by atoms with Gasteiger partial charge >= 0.3 is 0 Å². The Bertz CT molecular complexity index is 544. The molecule has 5 heteroatoms. The number of rotatable bonds is 1. The lowest BCUT2D eigenvalue weighted by Crippen LogP contribution is -1.95. The molecule has 1 heterocycles. The maximum atomic E-state index is 13.6. The Morgan fingerprint density at radius 2 is 1.88 bits per heavy atom. The highest BCUT2D eigenvalue weighted by Crippen LogP contribution is 2.25. The molecule has 0 N–H and O–H groups in total. The third kappa shape index (κ3) is 1.88. The summed E-state index contributed by atoms with van der Waals surface area (Å²) in [6, 6.07) is 4.34. The highest BCUT2D eigenvalue weighted by Gasteiger charge is 2.13. The molecule has 0 fully saturated rings. The fraction of sp³-hybridized carbons (Fsp3) is 0.0909. The summed E-state index contributed by atoms with van der Waals surface area (Å²) in [6.45, 7) is 1.50. The number of benzene rings is 1. The van der Waals surface area contributed by atoms with E-state index in [4.69, 9.17) is 11.6 Å². The molecule has 0 amide bonds. The summed E-state index contributed by atoms with van der Waals surface area (Å²) in [5.41, 5.74) is 0.588. The maximum absolute atomic E-state index is 13.6. The lowest BCUT2D eigenvalue weighted by Gasteiger charge is -2.05. The van der Waals surface area contributed by atoms with E-state index in [0.29, 0.717) is 0 Å². The van der Waals surface area contributed by atoms with Crippen LogP contribution in [0, 0.1) is 18.6 Å². The Kier molecular flexibility index (Phi) is 2.83. The third-order valence-electron chi connectivity index (χ3n) is 2.19. The zero-order valence-corrected chi connectivity index (χ0v) is 9.09. The first-order valence-electron chi connectivity index (χ1n) is 4.52. The first kappa shape index (κ1) is 11.0. The molecule has 0 radical (unpaired) electrons. The molecular formula is C11H7ClF2N2. The summed E-state index contributed by atoms with van der Waals surface area (Å²) in [4.78, 5) is 7.51. The van der Waals surface area contributed by atoms with Crippen molar-refractivity contribution in [2.24, 2.45) is 0 Å². The van der Waals surface area contributed by atoms with Crippen molar-refractivity contribution in [3.05, 3.63) is 46.9 Å². The molecule has 0 aliphatic rings. The lowest BCUT2D eigenvalue weighted by atomic mass is 10.1. The molecule has 16 heavy (non-hydrogen) atoms. The predicted octanol–water partition coefficient (Wildman–Crippen LogP) is 3.38. The molecule has 2 nitrogen and oxygen atoms in total. The van der Waals surface area contributed by atoms with Crippen molar-refractivity contribution in [2.45, 2.75) is 6.92 Å². The second-order valence-corrected chi connectivity index (χ2v) is 3.67. The van der Waals surface area contributed by atoms with Crippen LogP contribution in [-0.4, -0.2) is 9.97 Å². The SMILES string of the molecule is Cc1ccc(-c2cc(Cl)ncn2)c(F)c1F. The van der Waals surface area contributed by atoms with Gasteiger partial charge in [-0.25, -0.2) is 18.7 Å². The van der Waals surface area contributed by atoms with Crippen LogP contribution in [0.4, 0.5) is 8.78 Å². The number of hydrogen-bond acceptors (Lipinski definition) is 2. The zero-order valence-electron chi connectivity index (χ0n) is 8.34. The van der Waals surface area contributed by atoms with E-state index in [2.05, 4.69) is 9.97 Å². The Balaban J connectivity index is 2.61. The fourth-order valence-corrected chi connectivity index (χ4v) is 1.47. The summed E-state index contributed by atoms with van der Waals surface area (Å²) in [5.74, 6) is -1.79. The molecular weight excluding hydrogens is 234 g/mol. The van der Waals surface area contributed by atoms with E-state index in [1.165, 1.54) is 31.5 Å². The molecule has 2 rings (SSSR count). The van der Waals surface area contributed by atoms with Crippen LogP contribution in [0.5, 0.6) is 0 Å². The van der Waals surface area contributed by atoms with Crippen molar-refractivity contribution < 1.29 is 8.78 Å². The van der Waals surface area contributed by atoms with Gasteiger partial charge in [-0.15, -0.1) is 0 Å². The van der Waals surface area contributed by atoms with Crippen LogP contribution in [0.15, 0.2) is 24.5 Å². The topological polar surface area (TPSA) is 25.8 Å². The van der Waals surface area contributed by atoms with Gasteiger partial charge in [-0.1, -0.05) is 17.7 Å². The fourth-order valence-electron chi connectivity index (χ4n) is 1.32. The number of hydrogen-bond donors (Lipinski definition) is 0. The van der Waals surface area contributed by atoms with Gasteiger partial charge in [-0.3, -0.25) is 0 Å². The molecule has 2 aromatic rings. The second kappa shape index (κ2) is 4.14. The average Bonchev–Trinajstić information content (AvgIpc) is 2.26. The molecule has 0 saturated heterocycles. The highest BCUT2D eigenvalue weighted by atomic mass is 35.5. The normalized spacial score (nSPS) is 10.5. The Labute approximate surface area is 95.9 Å². The largest absolute Gasteiger partial charge is 0.236 e. The van der Waals surface area contributed by atoms with Crippen LogP contribution in [-0.2, 0) is 0 Å². The first-order chi connectivity index (χ1) is 7.59. The van der Waals surface area contributed by atoms with Gasteiger partial charge in [0.05, 0.1) is 5.69 Å². The van der Waals surface area contributed by atoms with Gasteiger partial charge in [0.2, 0.25) is 0 Å². The van der Waals surface area contributed by atoms with Crippen molar-refractivity contribution in [1.29, 1.82) is 0 Å². The molecule has 0 atom stereocenters. The monoisotopic (exact) mass is 240 g/mol. The second-order valence-electron chi connectivity index (χ2n) is 3.28. The van der Waals surface area contributed by atoms with E-state index in [1.54, 1.807) is 0 Å². The van der Waals surface area contributed by atoms with E-state index in [9.17, 15) is 8.78 Å². The van der Waals surface area contributed by atoms with E-state index < -0.39 is 11.6 Å². The minimum Gasteiger partial charge on any atom is -0.236 e. The minimum absolute atomic E-state index is 0.0763. The quantitative estimate of drug-likeness (QED) is 0.714. The standard InChI is InChI=1S/C11H7ClF2N2/c1-6-2-3-7(11(14)10(6)13)8-4-9(12)16-5-15-8/h2-5H,1H3. The number of aryl methyl sites for hydroxylation is 1. The summed E-state index contributed by atoms with van der Waals surface area (Å²) in [6.07, 6.45) is 1.20. The lowest BCUT2D eigenvalue weighted by molar-refractivity contribution is 0.505. The predicted molar refractivity (Wildman–Crippen MR) is 57.1 cm³/mol. The highest BCUT2D eigenvalue weighted by molar-refractivity contribution is 6.29. The van der Waals surface area contributed by atoms with Crippen LogP contribution in [0.1, 0.15) is 5.56 Å². The smallest absolute Gasteiger partial charge is 0.168 e. The summed E-state index contributed by atoms with van der Waals surface area (Å²) in [5, 5.41) is 0.186. The van der Waals surface area contributed by atoms with Crippen LogP contribution in [0.25, 0.3) is 11.3 Å². The van der Waals surface area contributed by atoms with E-state index >= 15 is 0 Å². The van der Waals surface area contributed by atoms with Gasteiger partial charge in [-0.2, -0.15) is 0 Å². The van der Waals surface area contributed by atoms with Crippen LogP contribution < -0.4 is 0 Å². The molecule has 1 aromatic heterocycles. The molecule has 0 aliphatic carbocycles. The van der Waals surface area contributed by atoms with Gasteiger partial charge in [0, 0.05) is 11.6 Å². The Morgan fingerprint density at radius 1 is 1.12 bits per heavy atom. The molecule has 1 aromatic carbocycles. The molecule has 0 unspecified atom stereocenters. The van der Waals surface area contributed by atoms with Gasteiger partial charge in [-0.05, 0) is 18.6 Å². The molecule has 0 bridgehead atoms. The number of aromatic nitrogens is 2. The summed E-state index contributed by atoms with van der Waals surface area (Å²) in [7, 11) is 0. The van der Waals surface area contributed by atoms with Crippen LogP contribution >= 0.6 is 11.6 Å². The van der Waals surface area contributed by atoms with Gasteiger partial charge in [0.15, 0.2) is 11.6 Å². The number of nitrogens with zero attached hydrogens (tertiary/aromatic N) is 2. The Morgan fingerprint density at radius 3 is 2.56 bits per heavy atom. The third-order valence-corrected chi connectivity index (χ3v) is 2.39. The van der Waals surface area contributed by atoms with Crippen molar-refractivity contribution in [3.8, 4) is 11.3 Å². The zero-order chi connectivity index (χ0) is 11.7. The van der Waals surface area contributed by atoms with Crippen LogP contribution in [0.2, 0.25) is 5.15 Å². The van der Waals surface area contributed by atoms with Gasteiger partial charge in [0.1, 0.15) is 11.5 Å². The van der Waals surface area contributed by atoms with Gasteiger partial charge in [0.25, 0.3) is 0 Å². The van der Waals surface area contributed by atoms with E-state index in [-0.39, 0.29) is 22.0 Å². The first-order valence-corrected chi connectivity index (χ1v) is 4.90. The van der Waals surface area contributed by atoms with Crippen molar-refractivity contribution in [3.63, 3.8) is 0 Å². The summed E-state index contributed by atoms with van der Waals surface area (Å²) < 4.78 is 26.9. The molecule has 82 valence electrons. The van der Waals surface area contributed by atoms with Crippen molar-refractivity contribution in [2.75, 3.05) is 0 Å². The van der Waals surface area contributed by atoms with E-state index in [0.717, 1.165) is 0 Å². The summed E-state index contributed by atoms with van der Waals surface area (Å²) >= 11 is 5.65. The van der Waals surface area contributed by atoms with Crippen LogP contribution in [0.3, 0.4) is 0 Å². The molecule has 0 saturated carbocycles. The van der Waals surface area contributed by atoms with Crippen molar-refractivity contribution >= 4 is 11.6 Å². The Hall–Kier alpha value is -1.55. The minimum atomic E-state index is -0.922.